The third-order valence-corrected chi connectivity index (χ3v) is 6.86. The molecule has 2 bridgehead atoms. The minimum atomic E-state index is 0.0598. The lowest BCUT2D eigenvalue weighted by Gasteiger charge is -2.28. The number of aryl methyl sites for hydroxylation is 1. The molecule has 1 aromatic heterocycles. The number of nitrogens with zero attached hydrogens (tertiary/aromatic N) is 4. The first-order valence-electron chi connectivity index (χ1n) is 9.38. The zero-order chi connectivity index (χ0) is 18.1. The topological polar surface area (TPSA) is 72.7 Å². The van der Waals surface area contributed by atoms with Gasteiger partial charge in [0.15, 0.2) is 0 Å². The Morgan fingerprint density at radius 2 is 2.19 bits per heavy atom. The van der Waals surface area contributed by atoms with Crippen LogP contribution in [0.3, 0.4) is 0 Å². The van der Waals surface area contributed by atoms with Gasteiger partial charge in [-0.15, -0.1) is 5.10 Å². The molecule has 138 valence electrons. The molecule has 0 radical (unpaired) electrons. The predicted molar refractivity (Wildman–Crippen MR) is 101 cm³/mol. The number of tetrazole rings is 1. The van der Waals surface area contributed by atoms with Crippen LogP contribution in [0, 0.1) is 24.7 Å². The average Bonchev–Trinajstić information content (AvgIpc) is 3.37. The van der Waals surface area contributed by atoms with Crippen LogP contribution in [0.25, 0.3) is 5.69 Å². The quantitative estimate of drug-likeness (QED) is 0.790. The molecule has 2 aliphatic rings. The number of benzene rings is 1. The lowest BCUT2D eigenvalue weighted by Crippen LogP contribution is -2.40. The Morgan fingerprint density at radius 1 is 1.35 bits per heavy atom. The number of nitrogens with one attached hydrogen (secondary N) is 1. The maximum atomic E-state index is 12.4. The molecule has 2 fully saturated rings. The SMILES string of the molecule is Cc1ccccc1-n1nnnc1SCC(=O)N[C@H](C)[C@@H]1C[C@H]2CC[C@H]1C2. The Kier molecular flexibility index (Phi) is 4.98. The molecule has 4 rings (SSSR count). The highest BCUT2D eigenvalue weighted by Crippen LogP contribution is 2.49. The van der Waals surface area contributed by atoms with Gasteiger partial charge in [-0.25, -0.2) is 0 Å². The molecular weight excluding hydrogens is 346 g/mol. The number of carbonyl (C=O) groups is 1. The number of fused-ring (bicyclic) bond motifs is 2. The van der Waals surface area contributed by atoms with Crippen molar-refractivity contribution >= 4 is 17.7 Å². The number of rotatable bonds is 6. The summed E-state index contributed by atoms with van der Waals surface area (Å²) in [6, 6.07) is 8.20. The van der Waals surface area contributed by atoms with Gasteiger partial charge in [0, 0.05) is 6.04 Å². The second-order valence-electron chi connectivity index (χ2n) is 7.64. The van der Waals surface area contributed by atoms with E-state index in [2.05, 4.69) is 27.8 Å². The Bertz CT molecular complexity index is 792. The smallest absolute Gasteiger partial charge is 0.230 e. The Labute approximate surface area is 158 Å². The predicted octanol–water partition coefficient (Wildman–Crippen LogP) is 3.00. The van der Waals surface area contributed by atoms with E-state index in [1.165, 1.54) is 37.4 Å². The first-order chi connectivity index (χ1) is 12.6. The molecule has 2 aromatic rings. The average molecular weight is 372 g/mol. The highest BCUT2D eigenvalue weighted by Gasteiger charge is 2.42. The summed E-state index contributed by atoms with van der Waals surface area (Å²) in [6.07, 6.45) is 5.38. The monoisotopic (exact) mass is 371 g/mol. The summed E-state index contributed by atoms with van der Waals surface area (Å²) in [7, 11) is 0. The zero-order valence-electron chi connectivity index (χ0n) is 15.3. The summed E-state index contributed by atoms with van der Waals surface area (Å²) in [5.41, 5.74) is 2.03. The van der Waals surface area contributed by atoms with E-state index < -0.39 is 0 Å². The summed E-state index contributed by atoms with van der Waals surface area (Å²) in [6.45, 7) is 4.18. The molecular formula is C19H25N5OS. The molecule has 4 atom stereocenters. The van der Waals surface area contributed by atoms with Crippen molar-refractivity contribution in [2.45, 2.75) is 50.7 Å². The van der Waals surface area contributed by atoms with Crippen molar-refractivity contribution < 1.29 is 4.79 Å². The Balaban J connectivity index is 1.34. The van der Waals surface area contributed by atoms with E-state index in [9.17, 15) is 4.79 Å². The van der Waals surface area contributed by atoms with Gasteiger partial charge in [0.25, 0.3) is 0 Å². The normalized spacial score (nSPS) is 25.4. The Hall–Kier alpha value is -1.89. The first kappa shape index (κ1) is 17.5. The largest absolute Gasteiger partial charge is 0.353 e. The number of hydrogen-bond donors (Lipinski definition) is 1. The van der Waals surface area contributed by atoms with E-state index in [-0.39, 0.29) is 11.9 Å². The Morgan fingerprint density at radius 3 is 2.92 bits per heavy atom. The van der Waals surface area contributed by atoms with Crippen LogP contribution in [0.15, 0.2) is 29.4 Å². The van der Waals surface area contributed by atoms with Gasteiger partial charge in [-0.3, -0.25) is 4.79 Å². The van der Waals surface area contributed by atoms with E-state index in [1.54, 1.807) is 4.68 Å². The van der Waals surface area contributed by atoms with Crippen molar-refractivity contribution in [3.63, 3.8) is 0 Å². The van der Waals surface area contributed by atoms with Crippen LogP contribution in [0.2, 0.25) is 0 Å². The van der Waals surface area contributed by atoms with Crippen LogP contribution in [-0.4, -0.2) is 37.9 Å². The summed E-state index contributed by atoms with van der Waals surface area (Å²) < 4.78 is 1.70. The van der Waals surface area contributed by atoms with E-state index in [0.29, 0.717) is 16.8 Å². The van der Waals surface area contributed by atoms with Crippen molar-refractivity contribution in [1.29, 1.82) is 0 Å². The lowest BCUT2D eigenvalue weighted by atomic mass is 9.84. The maximum Gasteiger partial charge on any atom is 0.230 e. The number of aromatic nitrogens is 4. The summed E-state index contributed by atoms with van der Waals surface area (Å²) in [5, 5.41) is 15.8. The van der Waals surface area contributed by atoms with Crippen LogP contribution in [0.1, 0.15) is 38.2 Å². The van der Waals surface area contributed by atoms with Crippen molar-refractivity contribution in [3.05, 3.63) is 29.8 Å². The number of hydrogen-bond acceptors (Lipinski definition) is 5. The molecule has 26 heavy (non-hydrogen) atoms. The van der Waals surface area contributed by atoms with Gasteiger partial charge in [-0.05, 0) is 72.9 Å². The zero-order valence-corrected chi connectivity index (χ0v) is 16.1. The minimum absolute atomic E-state index is 0.0598. The molecule has 1 N–H and O–H groups in total. The molecule has 0 aliphatic heterocycles. The first-order valence-corrected chi connectivity index (χ1v) is 10.4. The van der Waals surface area contributed by atoms with Gasteiger partial charge in [-0.2, -0.15) is 4.68 Å². The van der Waals surface area contributed by atoms with Gasteiger partial charge in [0.1, 0.15) is 0 Å². The van der Waals surface area contributed by atoms with Crippen LogP contribution in [0.4, 0.5) is 0 Å². The number of para-hydroxylation sites is 1. The van der Waals surface area contributed by atoms with Crippen molar-refractivity contribution in [2.75, 3.05) is 5.75 Å². The fraction of sp³-hybridized carbons (Fsp3) is 0.579. The van der Waals surface area contributed by atoms with Crippen molar-refractivity contribution in [1.82, 2.24) is 25.5 Å². The van der Waals surface area contributed by atoms with Crippen molar-refractivity contribution in [3.8, 4) is 5.69 Å². The number of amides is 1. The van der Waals surface area contributed by atoms with Crippen LogP contribution in [-0.2, 0) is 4.79 Å². The third kappa shape index (κ3) is 3.49. The number of carbonyl (C=O) groups excluding carboxylic acids is 1. The van der Waals surface area contributed by atoms with E-state index in [1.807, 2.05) is 31.2 Å². The van der Waals surface area contributed by atoms with Gasteiger partial charge in [-0.1, -0.05) is 36.4 Å². The minimum Gasteiger partial charge on any atom is -0.353 e. The highest BCUT2D eigenvalue weighted by atomic mass is 32.2. The molecule has 7 heteroatoms. The maximum absolute atomic E-state index is 12.4. The van der Waals surface area contributed by atoms with Crippen molar-refractivity contribution in [2.24, 2.45) is 17.8 Å². The molecule has 2 aliphatic carbocycles. The van der Waals surface area contributed by atoms with Crippen LogP contribution < -0.4 is 5.32 Å². The fourth-order valence-electron chi connectivity index (χ4n) is 4.66. The number of thioether (sulfide) groups is 1. The van der Waals surface area contributed by atoms with Gasteiger partial charge in [0.2, 0.25) is 11.1 Å². The highest BCUT2D eigenvalue weighted by molar-refractivity contribution is 7.99. The molecule has 1 aromatic carbocycles. The molecule has 1 amide bonds. The molecule has 1 heterocycles. The van der Waals surface area contributed by atoms with Crippen LogP contribution in [0.5, 0.6) is 0 Å². The summed E-state index contributed by atoms with van der Waals surface area (Å²) >= 11 is 1.38. The van der Waals surface area contributed by atoms with E-state index >= 15 is 0 Å². The second-order valence-corrected chi connectivity index (χ2v) is 8.59. The molecule has 0 unspecified atom stereocenters. The summed E-state index contributed by atoms with van der Waals surface area (Å²) in [4.78, 5) is 12.4. The van der Waals surface area contributed by atoms with Gasteiger partial charge in [0.05, 0.1) is 11.4 Å². The lowest BCUT2D eigenvalue weighted by molar-refractivity contribution is -0.119. The molecule has 0 spiro atoms. The van der Waals surface area contributed by atoms with Gasteiger partial charge < -0.3 is 5.32 Å². The summed E-state index contributed by atoms with van der Waals surface area (Å²) in [5.74, 6) is 2.76. The standard InChI is InChI=1S/C19H25N5OS/c1-12-5-3-4-6-17(12)24-19(21-22-23-24)26-11-18(25)20-13(2)16-10-14-7-8-15(16)9-14/h3-6,13-16H,7-11H2,1-2H3,(H,20,25)/t13-,14+,15+,16+/m1/s1. The van der Waals surface area contributed by atoms with E-state index in [4.69, 9.17) is 0 Å². The fourth-order valence-corrected chi connectivity index (χ4v) is 5.36. The second kappa shape index (κ2) is 7.39. The third-order valence-electron chi connectivity index (χ3n) is 5.94. The van der Waals surface area contributed by atoms with Crippen LogP contribution >= 0.6 is 11.8 Å². The molecule has 2 saturated carbocycles. The van der Waals surface area contributed by atoms with E-state index in [0.717, 1.165) is 23.1 Å². The molecule has 0 saturated heterocycles. The van der Waals surface area contributed by atoms with Gasteiger partial charge >= 0.3 is 0 Å². The molecule has 6 nitrogen and oxygen atoms in total.